The third-order valence-corrected chi connectivity index (χ3v) is 5.96. The van der Waals surface area contributed by atoms with Gasteiger partial charge < -0.3 is 5.73 Å². The van der Waals surface area contributed by atoms with Crippen molar-refractivity contribution in [1.82, 2.24) is 4.98 Å². The number of fused-ring (bicyclic) bond motifs is 3. The summed E-state index contributed by atoms with van der Waals surface area (Å²) < 4.78 is 1.05. The first-order chi connectivity index (χ1) is 14.0. The Morgan fingerprint density at radius 3 is 2.52 bits per heavy atom. The van der Waals surface area contributed by atoms with E-state index in [1.165, 1.54) is 11.3 Å². The molecule has 0 unspecified atom stereocenters. The Kier molecular flexibility index (Phi) is 3.89. The first-order valence-electron chi connectivity index (χ1n) is 9.05. The van der Waals surface area contributed by atoms with E-state index < -0.39 is 0 Å². The fourth-order valence-corrected chi connectivity index (χ4v) is 4.34. The summed E-state index contributed by atoms with van der Waals surface area (Å²) in [5.74, 6) is -0.426. The van der Waals surface area contributed by atoms with Crippen LogP contribution < -0.4 is 5.73 Å². The molecule has 1 aliphatic rings. The van der Waals surface area contributed by atoms with E-state index in [-0.39, 0.29) is 22.8 Å². The minimum atomic E-state index is -0.238. The van der Waals surface area contributed by atoms with Crippen LogP contribution in [0.5, 0.6) is 0 Å². The summed E-state index contributed by atoms with van der Waals surface area (Å²) in [7, 11) is 0. The first kappa shape index (κ1) is 17.5. The molecular formula is C23H15N3O2S. The lowest BCUT2D eigenvalue weighted by molar-refractivity contribution is 0.0979. The molecule has 1 aliphatic carbocycles. The van der Waals surface area contributed by atoms with E-state index in [1.54, 1.807) is 42.6 Å². The lowest BCUT2D eigenvalue weighted by atomic mass is 9.82. The van der Waals surface area contributed by atoms with Gasteiger partial charge in [-0.25, -0.2) is 9.98 Å². The van der Waals surface area contributed by atoms with Gasteiger partial charge >= 0.3 is 0 Å². The Labute approximate surface area is 170 Å². The standard InChI is InChI=1S/C23H15N3O2S/c1-12-6-9-18-17(10-12)26-23(29-18)25-11-13-7-8-16-19(20(13)24)22(28)15-5-3-2-4-14(15)21(16)27/h2-11H,24H2,1H3. The van der Waals surface area contributed by atoms with Crippen molar-refractivity contribution in [3.8, 4) is 0 Å². The lowest BCUT2D eigenvalue weighted by Crippen LogP contribution is -2.22. The molecule has 140 valence electrons. The van der Waals surface area contributed by atoms with Crippen LogP contribution >= 0.6 is 11.3 Å². The summed E-state index contributed by atoms with van der Waals surface area (Å²) in [6.45, 7) is 2.02. The Balaban J connectivity index is 1.56. The Hall–Kier alpha value is -3.64. The molecular weight excluding hydrogens is 382 g/mol. The van der Waals surface area contributed by atoms with Crippen molar-refractivity contribution in [2.45, 2.75) is 6.92 Å². The minimum absolute atomic E-state index is 0.188. The highest BCUT2D eigenvalue weighted by atomic mass is 32.1. The van der Waals surface area contributed by atoms with Gasteiger partial charge in [-0.2, -0.15) is 0 Å². The molecule has 6 heteroatoms. The van der Waals surface area contributed by atoms with Crippen molar-refractivity contribution in [2.75, 3.05) is 5.73 Å². The van der Waals surface area contributed by atoms with Gasteiger partial charge in [0, 0.05) is 28.5 Å². The summed E-state index contributed by atoms with van der Waals surface area (Å²) in [4.78, 5) is 34.7. The number of hydrogen-bond donors (Lipinski definition) is 1. The maximum atomic E-state index is 13.0. The zero-order chi connectivity index (χ0) is 20.1. The van der Waals surface area contributed by atoms with Crippen LogP contribution in [-0.4, -0.2) is 22.8 Å². The highest BCUT2D eigenvalue weighted by Gasteiger charge is 2.31. The normalized spacial score (nSPS) is 13.1. The summed E-state index contributed by atoms with van der Waals surface area (Å²) in [6.07, 6.45) is 1.60. The number of aryl methyl sites for hydroxylation is 1. The Morgan fingerprint density at radius 1 is 0.966 bits per heavy atom. The lowest BCUT2D eigenvalue weighted by Gasteiger charge is -2.19. The number of nitrogen functional groups attached to an aromatic ring is 1. The molecule has 1 heterocycles. The molecule has 5 nitrogen and oxygen atoms in total. The van der Waals surface area contributed by atoms with Crippen molar-refractivity contribution in [3.63, 3.8) is 0 Å². The van der Waals surface area contributed by atoms with Crippen LogP contribution in [-0.2, 0) is 0 Å². The zero-order valence-corrected chi connectivity index (χ0v) is 16.3. The Bertz CT molecular complexity index is 1370. The van der Waals surface area contributed by atoms with Crippen molar-refractivity contribution >= 4 is 50.2 Å². The SMILES string of the molecule is Cc1ccc2sc(N=Cc3ccc4c(c3N)C(=O)c3ccccc3C4=O)nc2c1. The van der Waals surface area contributed by atoms with Gasteiger partial charge in [-0.15, -0.1) is 0 Å². The molecule has 1 aromatic heterocycles. The quantitative estimate of drug-likeness (QED) is 0.345. The minimum Gasteiger partial charge on any atom is -0.398 e. The average Bonchev–Trinajstić information content (AvgIpc) is 3.13. The monoisotopic (exact) mass is 397 g/mol. The molecule has 0 fully saturated rings. The molecule has 0 saturated carbocycles. The number of thiazole rings is 1. The van der Waals surface area contributed by atoms with Crippen molar-refractivity contribution < 1.29 is 9.59 Å². The van der Waals surface area contributed by atoms with E-state index >= 15 is 0 Å². The van der Waals surface area contributed by atoms with Gasteiger partial charge in [0.05, 0.1) is 21.5 Å². The number of carbonyl (C=O) groups excluding carboxylic acids is 2. The number of nitrogens with zero attached hydrogens (tertiary/aromatic N) is 2. The van der Waals surface area contributed by atoms with E-state index in [4.69, 9.17) is 5.73 Å². The number of hydrogen-bond acceptors (Lipinski definition) is 6. The van der Waals surface area contributed by atoms with E-state index in [1.807, 2.05) is 25.1 Å². The largest absolute Gasteiger partial charge is 0.398 e. The first-order valence-corrected chi connectivity index (χ1v) is 9.87. The predicted molar refractivity (Wildman–Crippen MR) is 116 cm³/mol. The third kappa shape index (κ3) is 2.77. The number of aliphatic imine (C=N–C) groups is 1. The second-order valence-corrected chi connectivity index (χ2v) is 7.93. The topological polar surface area (TPSA) is 85.4 Å². The van der Waals surface area contributed by atoms with Gasteiger partial charge in [0.2, 0.25) is 5.13 Å². The maximum Gasteiger partial charge on any atom is 0.210 e. The van der Waals surface area contributed by atoms with Gasteiger partial charge in [-0.05, 0) is 30.7 Å². The van der Waals surface area contributed by atoms with E-state index in [0.717, 1.165) is 15.8 Å². The number of ketones is 2. The summed E-state index contributed by atoms with van der Waals surface area (Å²) >= 11 is 1.48. The van der Waals surface area contributed by atoms with Gasteiger partial charge in [0.15, 0.2) is 11.6 Å². The van der Waals surface area contributed by atoms with Crippen molar-refractivity contribution in [1.29, 1.82) is 0 Å². The molecule has 0 spiro atoms. The van der Waals surface area contributed by atoms with Crippen LogP contribution in [0.1, 0.15) is 43.0 Å². The fraction of sp³-hybridized carbons (Fsp3) is 0.0435. The second-order valence-electron chi connectivity index (χ2n) is 6.92. The van der Waals surface area contributed by atoms with Gasteiger partial charge in [-0.1, -0.05) is 47.7 Å². The van der Waals surface area contributed by atoms with Crippen LogP contribution in [0.15, 0.2) is 59.6 Å². The maximum absolute atomic E-state index is 13.0. The number of rotatable bonds is 2. The molecule has 29 heavy (non-hydrogen) atoms. The number of anilines is 1. The number of benzene rings is 3. The van der Waals surface area contributed by atoms with Crippen LogP contribution in [0.3, 0.4) is 0 Å². The molecule has 0 saturated heterocycles. The molecule has 0 aliphatic heterocycles. The van der Waals surface area contributed by atoms with E-state index in [9.17, 15) is 9.59 Å². The molecule has 0 radical (unpaired) electrons. The molecule has 0 amide bonds. The number of carbonyl (C=O) groups is 2. The highest BCUT2D eigenvalue weighted by molar-refractivity contribution is 7.22. The predicted octanol–water partition coefficient (Wildman–Crippen LogP) is 4.71. The van der Waals surface area contributed by atoms with E-state index in [0.29, 0.717) is 27.4 Å². The summed E-state index contributed by atoms with van der Waals surface area (Å²) in [5, 5.41) is 0.607. The van der Waals surface area contributed by atoms with Gasteiger partial charge in [0.1, 0.15) is 0 Å². The van der Waals surface area contributed by atoms with Crippen molar-refractivity contribution in [2.24, 2.45) is 4.99 Å². The van der Waals surface area contributed by atoms with Gasteiger partial charge in [0.25, 0.3) is 0 Å². The molecule has 2 N–H and O–H groups in total. The average molecular weight is 397 g/mol. The summed E-state index contributed by atoms with van der Waals surface area (Å²) in [5.41, 5.74) is 10.5. The van der Waals surface area contributed by atoms with E-state index in [2.05, 4.69) is 9.98 Å². The highest BCUT2D eigenvalue weighted by Crippen LogP contribution is 2.33. The van der Waals surface area contributed by atoms with Crippen LogP contribution in [0.25, 0.3) is 10.2 Å². The smallest absolute Gasteiger partial charge is 0.210 e. The van der Waals surface area contributed by atoms with Gasteiger partial charge in [-0.3, -0.25) is 9.59 Å². The number of nitrogens with two attached hydrogens (primary N) is 1. The molecule has 0 bridgehead atoms. The molecule has 0 atom stereocenters. The molecule has 5 rings (SSSR count). The second kappa shape index (κ2) is 6.46. The fourth-order valence-electron chi connectivity index (χ4n) is 3.55. The number of aromatic nitrogens is 1. The van der Waals surface area contributed by atoms with Crippen LogP contribution in [0.2, 0.25) is 0 Å². The molecule has 4 aromatic rings. The van der Waals surface area contributed by atoms with Crippen molar-refractivity contribution in [3.05, 3.63) is 88.0 Å². The Morgan fingerprint density at radius 2 is 1.72 bits per heavy atom. The zero-order valence-electron chi connectivity index (χ0n) is 15.5. The summed E-state index contributed by atoms with van der Waals surface area (Å²) in [6, 6.07) is 16.2. The third-order valence-electron chi connectivity index (χ3n) is 5.01. The van der Waals surface area contributed by atoms with Crippen LogP contribution in [0.4, 0.5) is 10.8 Å². The molecule has 3 aromatic carbocycles. The van der Waals surface area contributed by atoms with Crippen LogP contribution in [0, 0.1) is 6.92 Å².